The highest BCUT2D eigenvalue weighted by molar-refractivity contribution is 5.76. The number of hydrogen-bond donors (Lipinski definition) is 1. The van der Waals surface area contributed by atoms with Gasteiger partial charge < -0.3 is 10.1 Å². The Morgan fingerprint density at radius 1 is 0.935 bits per heavy atom. The van der Waals surface area contributed by atoms with Gasteiger partial charge in [-0.25, -0.2) is 4.68 Å². The van der Waals surface area contributed by atoms with Crippen molar-refractivity contribution in [1.82, 2.24) is 15.1 Å². The molecule has 0 saturated carbocycles. The van der Waals surface area contributed by atoms with Crippen molar-refractivity contribution in [1.29, 1.82) is 0 Å². The third-order valence-corrected chi connectivity index (χ3v) is 5.09. The van der Waals surface area contributed by atoms with Crippen molar-refractivity contribution in [2.24, 2.45) is 0 Å². The Hall–Kier alpha value is -3.86. The van der Waals surface area contributed by atoms with Gasteiger partial charge in [0.1, 0.15) is 5.75 Å². The van der Waals surface area contributed by atoms with Crippen molar-refractivity contribution >= 4 is 5.91 Å². The van der Waals surface area contributed by atoms with Crippen LogP contribution in [0.1, 0.15) is 17.7 Å². The van der Waals surface area contributed by atoms with Gasteiger partial charge in [-0.3, -0.25) is 4.79 Å². The van der Waals surface area contributed by atoms with Crippen molar-refractivity contribution in [3.8, 4) is 22.7 Å². The second-order valence-electron chi connectivity index (χ2n) is 7.26. The van der Waals surface area contributed by atoms with Gasteiger partial charge in [0.15, 0.2) is 0 Å². The minimum Gasteiger partial charge on any atom is -0.497 e. The number of rotatable bonds is 8. The van der Waals surface area contributed by atoms with E-state index in [4.69, 9.17) is 9.84 Å². The van der Waals surface area contributed by atoms with E-state index in [1.54, 1.807) is 7.11 Å². The summed E-state index contributed by atoms with van der Waals surface area (Å²) in [5, 5.41) is 7.78. The number of ether oxygens (including phenoxy) is 1. The Morgan fingerprint density at radius 2 is 1.61 bits per heavy atom. The van der Waals surface area contributed by atoms with Crippen molar-refractivity contribution in [3.63, 3.8) is 0 Å². The first-order chi connectivity index (χ1) is 15.2. The van der Waals surface area contributed by atoms with E-state index in [0.717, 1.165) is 34.0 Å². The van der Waals surface area contributed by atoms with Crippen molar-refractivity contribution < 1.29 is 9.53 Å². The topological polar surface area (TPSA) is 56.2 Å². The fourth-order valence-electron chi connectivity index (χ4n) is 3.41. The second-order valence-corrected chi connectivity index (χ2v) is 7.26. The van der Waals surface area contributed by atoms with Gasteiger partial charge in [0, 0.05) is 24.9 Å². The van der Waals surface area contributed by atoms with Crippen LogP contribution in [-0.2, 0) is 17.8 Å². The summed E-state index contributed by atoms with van der Waals surface area (Å²) in [6, 6.07) is 29.9. The van der Waals surface area contributed by atoms with Crippen LogP contribution in [0, 0.1) is 0 Å². The largest absolute Gasteiger partial charge is 0.497 e. The summed E-state index contributed by atoms with van der Waals surface area (Å²) in [7, 11) is 1.65. The van der Waals surface area contributed by atoms with E-state index in [0.29, 0.717) is 19.4 Å². The van der Waals surface area contributed by atoms with Crippen LogP contribution in [0.25, 0.3) is 16.9 Å². The zero-order valence-corrected chi connectivity index (χ0v) is 17.5. The van der Waals surface area contributed by atoms with E-state index in [1.165, 1.54) is 0 Å². The Labute approximate surface area is 182 Å². The number of methoxy groups -OCH3 is 1. The molecular formula is C26H25N3O2. The zero-order chi connectivity index (χ0) is 21.5. The third kappa shape index (κ3) is 5.20. The molecule has 5 heteroatoms. The fraction of sp³-hybridized carbons (Fsp3) is 0.154. The maximum Gasteiger partial charge on any atom is 0.220 e. The lowest BCUT2D eigenvalue weighted by Gasteiger charge is -2.08. The normalized spacial score (nSPS) is 10.6. The predicted octanol–water partition coefficient (Wildman–Crippen LogP) is 4.80. The summed E-state index contributed by atoms with van der Waals surface area (Å²) < 4.78 is 7.19. The lowest BCUT2D eigenvalue weighted by molar-refractivity contribution is -0.121. The summed E-state index contributed by atoms with van der Waals surface area (Å²) in [5.41, 5.74) is 4.98. The van der Waals surface area contributed by atoms with E-state index in [9.17, 15) is 4.79 Å². The first-order valence-electron chi connectivity index (χ1n) is 10.3. The molecule has 3 aromatic carbocycles. The number of carbonyl (C=O) groups is 1. The average Bonchev–Trinajstić information content (AvgIpc) is 3.27. The summed E-state index contributed by atoms with van der Waals surface area (Å²) in [5.74, 6) is 0.816. The van der Waals surface area contributed by atoms with Crippen molar-refractivity contribution in [2.45, 2.75) is 19.4 Å². The zero-order valence-electron chi connectivity index (χ0n) is 17.5. The highest BCUT2D eigenvalue weighted by Crippen LogP contribution is 2.25. The van der Waals surface area contributed by atoms with E-state index in [2.05, 4.69) is 23.5 Å². The molecule has 156 valence electrons. The van der Waals surface area contributed by atoms with Gasteiger partial charge in [-0.05, 0) is 35.9 Å². The monoisotopic (exact) mass is 411 g/mol. The SMILES string of the molecule is COc1ccc(-n2nc(CCC(=O)NCc3ccccc3)cc2-c2ccccc2)cc1. The number of aryl methyl sites for hydroxylation is 1. The summed E-state index contributed by atoms with van der Waals surface area (Å²) in [4.78, 5) is 12.3. The maximum absolute atomic E-state index is 12.3. The molecular weight excluding hydrogens is 386 g/mol. The van der Waals surface area contributed by atoms with Crippen LogP contribution in [0.3, 0.4) is 0 Å². The number of hydrogen-bond acceptors (Lipinski definition) is 3. The van der Waals surface area contributed by atoms with E-state index in [-0.39, 0.29) is 5.91 Å². The lowest BCUT2D eigenvalue weighted by atomic mass is 10.1. The van der Waals surface area contributed by atoms with Gasteiger partial charge in [-0.1, -0.05) is 60.7 Å². The Kier molecular flexibility index (Phi) is 6.43. The van der Waals surface area contributed by atoms with Gasteiger partial charge in [-0.15, -0.1) is 0 Å². The van der Waals surface area contributed by atoms with Crippen LogP contribution in [0.4, 0.5) is 0 Å². The predicted molar refractivity (Wildman–Crippen MR) is 122 cm³/mol. The lowest BCUT2D eigenvalue weighted by Crippen LogP contribution is -2.23. The molecule has 0 aliphatic rings. The Bertz CT molecular complexity index is 1120. The first-order valence-corrected chi connectivity index (χ1v) is 10.3. The van der Waals surface area contributed by atoms with Gasteiger partial charge in [0.05, 0.1) is 24.2 Å². The standard InChI is InChI=1S/C26H25N3O2/c1-31-24-15-13-23(14-16-24)29-25(21-10-6-3-7-11-21)18-22(28-29)12-17-26(30)27-19-20-8-4-2-5-9-20/h2-11,13-16,18H,12,17,19H2,1H3,(H,27,30). The minimum absolute atomic E-state index is 0.0177. The minimum atomic E-state index is 0.0177. The van der Waals surface area contributed by atoms with Crippen molar-refractivity contribution in [2.75, 3.05) is 7.11 Å². The molecule has 1 N–H and O–H groups in total. The van der Waals surface area contributed by atoms with Crippen LogP contribution < -0.4 is 10.1 Å². The molecule has 31 heavy (non-hydrogen) atoms. The van der Waals surface area contributed by atoms with Crippen LogP contribution in [0.2, 0.25) is 0 Å². The van der Waals surface area contributed by atoms with Gasteiger partial charge in [0.2, 0.25) is 5.91 Å². The number of nitrogens with one attached hydrogen (secondary N) is 1. The molecule has 1 heterocycles. The molecule has 0 spiro atoms. The molecule has 0 saturated heterocycles. The molecule has 0 aliphatic heterocycles. The maximum atomic E-state index is 12.3. The van der Waals surface area contributed by atoms with Crippen molar-refractivity contribution in [3.05, 3.63) is 102 Å². The quantitative estimate of drug-likeness (QED) is 0.453. The first kappa shape index (κ1) is 20.4. The molecule has 1 amide bonds. The Balaban J connectivity index is 1.50. The summed E-state index contributed by atoms with van der Waals surface area (Å²) in [6.07, 6.45) is 0.963. The second kappa shape index (κ2) is 9.76. The number of nitrogens with zero attached hydrogens (tertiary/aromatic N) is 2. The van der Waals surface area contributed by atoms with Gasteiger partial charge >= 0.3 is 0 Å². The molecule has 1 aromatic heterocycles. The average molecular weight is 412 g/mol. The number of amides is 1. The van der Waals surface area contributed by atoms with E-state index < -0.39 is 0 Å². The molecule has 0 fully saturated rings. The molecule has 0 atom stereocenters. The van der Waals surface area contributed by atoms with Crippen LogP contribution in [0.15, 0.2) is 91.0 Å². The molecule has 5 nitrogen and oxygen atoms in total. The van der Waals surface area contributed by atoms with Crippen LogP contribution >= 0.6 is 0 Å². The third-order valence-electron chi connectivity index (χ3n) is 5.09. The smallest absolute Gasteiger partial charge is 0.220 e. The molecule has 0 radical (unpaired) electrons. The molecule has 4 aromatic rings. The van der Waals surface area contributed by atoms with Crippen LogP contribution in [-0.4, -0.2) is 22.8 Å². The summed E-state index contributed by atoms with van der Waals surface area (Å²) >= 11 is 0. The molecule has 4 rings (SSSR count). The number of benzene rings is 3. The number of aromatic nitrogens is 2. The van der Waals surface area contributed by atoms with Crippen LogP contribution in [0.5, 0.6) is 5.75 Å². The van der Waals surface area contributed by atoms with Gasteiger partial charge in [0.25, 0.3) is 0 Å². The van der Waals surface area contributed by atoms with E-state index in [1.807, 2.05) is 77.5 Å². The Morgan fingerprint density at radius 3 is 2.29 bits per heavy atom. The highest BCUT2D eigenvalue weighted by atomic mass is 16.5. The highest BCUT2D eigenvalue weighted by Gasteiger charge is 2.13. The summed E-state index contributed by atoms with van der Waals surface area (Å²) in [6.45, 7) is 0.537. The molecule has 0 bridgehead atoms. The fourth-order valence-corrected chi connectivity index (χ4v) is 3.41. The van der Waals surface area contributed by atoms with Gasteiger partial charge in [-0.2, -0.15) is 5.10 Å². The molecule has 0 aliphatic carbocycles. The van der Waals surface area contributed by atoms with E-state index >= 15 is 0 Å². The number of carbonyl (C=O) groups excluding carboxylic acids is 1. The molecule has 0 unspecified atom stereocenters.